The van der Waals surface area contributed by atoms with Crippen LogP contribution in [0.4, 0.5) is 11.6 Å². The maximum atomic E-state index is 13.6. The standard InChI is InChI=1S/C27H28N6O2S.C24H23IN6.C3H6O2S.Na/c28-26-25(36(34,35)21-9-10-21)24(18-12-19-7-8-20(13-18)31-19)32-27-22(15-30-33(26)27)17-6-11-23(29-14-17)16-4-2-1-3-5-16;25-21-22(16-10-17-7-8-18(11-16)29-17)30-24-19(13-28-31(24)23(21)26)15-6-9-20(27-12-15)14-4-2-1-3-5-14;4-6(5)3-1-2-3;/h1-6,11,14-15,18-21,31H,7-10,12-13,28H2;1-6,9,12-13,16-18,29H,7-8,10-11,26H2;3H,1-2H2,(H,4,5);/q;;;+1/p-1/t18?,19-,20+;16?,17-,18+;;. The number of benzene rings is 2. The number of nitrogens with one attached hydrogen (secondary N) is 2. The Morgan fingerprint density at radius 1 is 0.581 bits per heavy atom. The third kappa shape index (κ3) is 10.3. The van der Waals surface area contributed by atoms with E-state index in [9.17, 15) is 17.2 Å². The van der Waals surface area contributed by atoms with Gasteiger partial charge in [0.05, 0.1) is 44.0 Å². The van der Waals surface area contributed by atoms with Gasteiger partial charge in [0, 0.05) is 87.0 Å². The molecule has 2 aliphatic carbocycles. The summed E-state index contributed by atoms with van der Waals surface area (Å²) in [6, 6.07) is 30.4. The second-order valence-corrected chi connectivity index (χ2v) is 24.8. The Morgan fingerprint density at radius 3 is 1.43 bits per heavy atom. The fraction of sp³-hybridized carbons (Fsp3) is 0.370. The number of nitrogens with two attached hydrogens (primary N) is 2. The van der Waals surface area contributed by atoms with Crippen LogP contribution in [-0.4, -0.2) is 91.0 Å². The smallest absolute Gasteiger partial charge is 0.772 e. The summed E-state index contributed by atoms with van der Waals surface area (Å²) in [5.41, 5.74) is 23.9. The maximum Gasteiger partial charge on any atom is 1.00 e. The van der Waals surface area contributed by atoms with Crippen LogP contribution in [0.15, 0.2) is 115 Å². The number of pyridine rings is 2. The van der Waals surface area contributed by atoms with Gasteiger partial charge in [-0.1, -0.05) is 83.9 Å². The second-order valence-electron chi connectivity index (χ2n) is 20.4. The van der Waals surface area contributed by atoms with Crippen molar-refractivity contribution in [2.75, 3.05) is 11.5 Å². The first kappa shape index (κ1) is 51.4. The van der Waals surface area contributed by atoms with Crippen LogP contribution in [0, 0.1) is 3.57 Å². The number of aromatic nitrogens is 8. The monoisotopic (exact) mass is 1150 g/mol. The molecule has 10 heterocycles. The number of nitrogens with zero attached hydrogens (tertiary/aromatic N) is 8. The molecule has 7 atom stereocenters. The summed E-state index contributed by atoms with van der Waals surface area (Å²) in [5, 5.41) is 16.1. The number of hydrogen-bond acceptors (Lipinski definition) is 14. The molecular weight excluding hydrogens is 1090 g/mol. The summed E-state index contributed by atoms with van der Waals surface area (Å²) < 4.78 is 50.9. The molecule has 6 aliphatic rings. The molecule has 16 nitrogen and oxygen atoms in total. The van der Waals surface area contributed by atoms with Crippen molar-refractivity contribution in [3.63, 3.8) is 0 Å². The van der Waals surface area contributed by atoms with E-state index in [0.717, 1.165) is 111 Å². The number of anilines is 2. The summed E-state index contributed by atoms with van der Waals surface area (Å²) in [6.07, 6.45) is 19.2. The van der Waals surface area contributed by atoms with Crippen LogP contribution in [0.25, 0.3) is 56.1 Å². The second kappa shape index (κ2) is 21.4. The Bertz CT molecular complexity index is 3450. The molecular formula is C54H56IN12NaO4S2. The number of nitrogen functional groups attached to an aromatic ring is 2. The van der Waals surface area contributed by atoms with E-state index in [-0.39, 0.29) is 56.7 Å². The largest absolute Gasteiger partial charge is 1.00 e. The van der Waals surface area contributed by atoms with Crippen LogP contribution in [0.3, 0.4) is 0 Å². The van der Waals surface area contributed by atoms with Crippen LogP contribution in [0.5, 0.6) is 0 Å². The molecule has 0 radical (unpaired) electrons. The number of piperidine rings is 2. The Labute approximate surface area is 468 Å². The van der Waals surface area contributed by atoms with Gasteiger partial charge in [0.2, 0.25) is 0 Å². The molecule has 376 valence electrons. The first-order valence-corrected chi connectivity index (χ1v) is 29.1. The van der Waals surface area contributed by atoms with Crippen molar-refractivity contribution in [3.05, 3.63) is 125 Å². The van der Waals surface area contributed by atoms with Gasteiger partial charge in [0.25, 0.3) is 0 Å². The first-order valence-electron chi connectivity index (χ1n) is 25.3. The number of rotatable bonds is 9. The van der Waals surface area contributed by atoms with E-state index in [2.05, 4.69) is 77.7 Å². The van der Waals surface area contributed by atoms with Crippen LogP contribution in [-0.2, 0) is 20.9 Å². The third-order valence-corrected chi connectivity index (χ3v) is 19.8. The molecule has 4 aliphatic heterocycles. The van der Waals surface area contributed by atoms with Crippen molar-refractivity contribution < 1.29 is 46.7 Å². The van der Waals surface area contributed by atoms with Gasteiger partial charge >= 0.3 is 29.6 Å². The molecule has 6 aromatic heterocycles. The minimum Gasteiger partial charge on any atom is -0.772 e. The molecule has 8 aromatic rings. The average Bonchev–Trinajstić information content (AvgIpc) is 4.33. The summed E-state index contributed by atoms with van der Waals surface area (Å²) >= 11 is 0.587. The fourth-order valence-electron chi connectivity index (χ4n) is 11.3. The summed E-state index contributed by atoms with van der Waals surface area (Å²) in [4.78, 5) is 19.7. The van der Waals surface area contributed by atoms with Crippen molar-refractivity contribution in [3.8, 4) is 44.8 Å². The molecule has 6 fully saturated rings. The van der Waals surface area contributed by atoms with E-state index < -0.39 is 20.9 Å². The molecule has 4 saturated heterocycles. The van der Waals surface area contributed by atoms with Gasteiger partial charge < -0.3 is 26.7 Å². The molecule has 0 amide bonds. The van der Waals surface area contributed by atoms with Gasteiger partial charge in [-0.05, 0) is 112 Å². The van der Waals surface area contributed by atoms with Crippen molar-refractivity contribution in [1.29, 1.82) is 0 Å². The summed E-state index contributed by atoms with van der Waals surface area (Å²) in [7, 11) is -3.56. The van der Waals surface area contributed by atoms with Crippen LogP contribution in [0.2, 0.25) is 0 Å². The topological polar surface area (TPSA) is 237 Å². The van der Waals surface area contributed by atoms with E-state index in [1.54, 1.807) is 10.7 Å². The summed E-state index contributed by atoms with van der Waals surface area (Å²) in [6.45, 7) is 0. The molecule has 2 aromatic carbocycles. The predicted octanol–water partition coefficient (Wildman–Crippen LogP) is 5.65. The van der Waals surface area contributed by atoms with Crippen LogP contribution >= 0.6 is 22.6 Å². The molecule has 3 unspecified atom stereocenters. The normalized spacial score (nSPS) is 23.3. The predicted molar refractivity (Wildman–Crippen MR) is 291 cm³/mol. The van der Waals surface area contributed by atoms with Crippen molar-refractivity contribution in [1.82, 2.24) is 49.8 Å². The third-order valence-electron chi connectivity index (χ3n) is 15.4. The van der Waals surface area contributed by atoms with Crippen molar-refractivity contribution in [2.24, 2.45) is 0 Å². The Hall–Kier alpha value is -4.71. The van der Waals surface area contributed by atoms with Crippen LogP contribution < -0.4 is 51.7 Å². The first-order chi connectivity index (χ1) is 35.5. The van der Waals surface area contributed by atoms with Gasteiger partial charge in [-0.15, -0.1) is 0 Å². The maximum absolute atomic E-state index is 13.6. The van der Waals surface area contributed by atoms with Gasteiger partial charge in [0.1, 0.15) is 16.5 Å². The molecule has 4 bridgehead atoms. The zero-order valence-corrected chi connectivity index (χ0v) is 46.8. The number of halogens is 1. The number of sulfone groups is 1. The molecule has 14 rings (SSSR count). The van der Waals surface area contributed by atoms with E-state index in [1.165, 1.54) is 17.4 Å². The van der Waals surface area contributed by atoms with Gasteiger partial charge in [-0.2, -0.15) is 19.2 Å². The minimum atomic E-state index is -3.56. The van der Waals surface area contributed by atoms with Gasteiger partial charge in [-0.25, -0.2) is 18.4 Å². The molecule has 74 heavy (non-hydrogen) atoms. The van der Waals surface area contributed by atoms with Crippen molar-refractivity contribution >= 4 is 66.4 Å². The van der Waals surface area contributed by atoms with E-state index in [4.69, 9.17) is 21.4 Å². The Kier molecular flexibility index (Phi) is 14.8. The Morgan fingerprint density at radius 2 is 1.03 bits per heavy atom. The summed E-state index contributed by atoms with van der Waals surface area (Å²) in [5.74, 6) is 1.35. The zero-order valence-electron chi connectivity index (χ0n) is 41.1. The molecule has 2 saturated carbocycles. The van der Waals surface area contributed by atoms with Gasteiger partial charge in [-0.3, -0.25) is 14.2 Å². The molecule has 6 N–H and O–H groups in total. The van der Waals surface area contributed by atoms with Gasteiger partial charge in [0.15, 0.2) is 21.1 Å². The minimum absolute atomic E-state index is 0. The van der Waals surface area contributed by atoms with E-state index >= 15 is 0 Å². The van der Waals surface area contributed by atoms with Crippen molar-refractivity contribution in [2.45, 2.75) is 128 Å². The molecule has 20 heteroatoms. The molecule has 0 spiro atoms. The zero-order chi connectivity index (χ0) is 50.0. The Balaban J connectivity index is 0.000000142. The quantitative estimate of drug-likeness (QED) is 0.0777. The number of fused-ring (bicyclic) bond motifs is 6. The SMILES string of the molecule is Nc1c(I)c(C2C[C@H]3CC[C@@H](C2)N3)nc2c(-c3ccc(-c4ccccc4)nc3)cnn12.Nc1c(S(=O)(=O)C2CC2)c(C2C[C@H]3CC[C@@H](C2)N3)nc2c(-c3ccc(-c4ccccc4)nc3)cnn12.O=S([O-])C1CC1.[Na+]. The van der Waals surface area contributed by atoms with E-state index in [1.807, 2.05) is 79.3 Å². The fourth-order valence-corrected chi connectivity index (χ4v) is 14.6. The van der Waals surface area contributed by atoms with Crippen LogP contribution in [0.1, 0.15) is 100 Å². The van der Waals surface area contributed by atoms with E-state index in [0.29, 0.717) is 60.1 Å². The average molecular weight is 1150 g/mol. The number of hydrogen-bond donors (Lipinski definition) is 4.